The Morgan fingerprint density at radius 2 is 0.746 bits per heavy atom. The molecule has 4 fully saturated rings. The number of benzene rings is 4. The topological polar surface area (TPSA) is 374 Å². The van der Waals surface area contributed by atoms with Gasteiger partial charge in [-0.15, -0.1) is 0 Å². The molecule has 31 nitrogen and oxygen atoms in total. The van der Waals surface area contributed by atoms with Gasteiger partial charge in [0.2, 0.25) is 35.0 Å². The number of esters is 2. The number of aliphatic hydroxyl groups is 1. The maximum Gasteiger partial charge on any atom is 0.414 e. The van der Waals surface area contributed by atoms with Crippen LogP contribution in [0, 0.1) is 11.9 Å². The number of furan rings is 4. The van der Waals surface area contributed by atoms with Gasteiger partial charge >= 0.3 is 36.3 Å². The Balaban J connectivity index is 0.000000171. The van der Waals surface area contributed by atoms with E-state index in [9.17, 15) is 47.1 Å². The first-order valence-corrected chi connectivity index (χ1v) is 46.5. The third-order valence-electron chi connectivity index (χ3n) is 20.2. The Kier molecular flexibility index (Phi) is 40.3. The minimum absolute atomic E-state index is 0.00431. The van der Waals surface area contributed by atoms with Crippen molar-refractivity contribution in [3.8, 4) is 0 Å². The molecule has 4 amide bonds. The fourth-order valence-corrected chi connectivity index (χ4v) is 15.8. The summed E-state index contributed by atoms with van der Waals surface area (Å²) in [5.41, 5.74) is 3.72. The molecule has 0 radical (unpaired) electrons. The number of aromatic nitrogens is 3. The first-order valence-electron chi connectivity index (χ1n) is 42.5. The Bertz CT molecular complexity index is 5580. The molecule has 11 heterocycles. The molecule has 4 aliphatic heterocycles. The van der Waals surface area contributed by atoms with Crippen LogP contribution in [0.25, 0.3) is 43.9 Å². The van der Waals surface area contributed by atoms with Crippen LogP contribution in [-0.2, 0) is 47.4 Å². The highest BCUT2D eigenvalue weighted by Crippen LogP contribution is 2.43. The molecule has 7 aromatic heterocycles. The number of fused-ring (bicyclic) bond motifs is 4. The molecule has 3 N–H and O–H groups in total. The van der Waals surface area contributed by atoms with Gasteiger partial charge in [0.05, 0.1) is 64.1 Å². The second-order valence-corrected chi connectivity index (χ2v) is 33.6. The van der Waals surface area contributed by atoms with Crippen molar-refractivity contribution >= 4 is 200 Å². The molecule has 0 saturated carbocycles. The van der Waals surface area contributed by atoms with Crippen molar-refractivity contribution in [2.45, 2.75) is 143 Å². The lowest BCUT2D eigenvalue weighted by molar-refractivity contribution is 0.0485. The van der Waals surface area contributed by atoms with Crippen LogP contribution in [0.5, 0.6) is 0 Å². The van der Waals surface area contributed by atoms with Gasteiger partial charge in [-0.1, -0.05) is 63.7 Å². The largest absolute Gasteiger partial charge is 0.460 e. The van der Waals surface area contributed by atoms with Crippen molar-refractivity contribution in [1.29, 1.82) is 0 Å². The lowest BCUT2D eigenvalue weighted by Gasteiger charge is -2.23. The van der Waals surface area contributed by atoms with E-state index >= 15 is 0 Å². The van der Waals surface area contributed by atoms with Gasteiger partial charge in [-0.05, 0) is 244 Å². The highest BCUT2D eigenvalue weighted by Gasteiger charge is 2.36. The zero-order valence-corrected chi connectivity index (χ0v) is 80.5. The van der Waals surface area contributed by atoms with Gasteiger partial charge in [0.25, 0.3) is 0 Å². The molecule has 0 bridgehead atoms. The number of anilines is 5. The SMILES string of the molecule is CCOC(=O)N(CCC1CCCO1)c1c(C(=O)c2ccc(F)nc2)oc2ccc(Br)cc12.CCOC(=O)N(CCC1CCCO1)c1c(C(=O)c2ccc(NC)nc2)oc2ccc(Br)cc12.CCOC(=O)Nc1c(C(=O)OCC)oc2ccc(Br)cc12.CCOC(=O)c1oc2ccc(Br)cc2c1N(CCC1CCCO1)C(=O)OCC.Fc1ccc(Br)cn1.OCCC1CCCO1. The number of carbonyl (C=O) groups excluding carboxylic acids is 8. The van der Waals surface area contributed by atoms with E-state index in [1.165, 1.54) is 45.6 Å². The summed E-state index contributed by atoms with van der Waals surface area (Å²) in [5, 5.41) is 16.3. The number of pyridine rings is 3. The molecule has 696 valence electrons. The average molecular weight is 2120 g/mol. The smallest absolute Gasteiger partial charge is 0.414 e. The molecular formula is C92H101Br5F2N8O23. The summed E-state index contributed by atoms with van der Waals surface area (Å²) in [7, 11) is 1.75. The fourth-order valence-electron chi connectivity index (χ4n) is 14.2. The van der Waals surface area contributed by atoms with E-state index in [1.54, 1.807) is 115 Å². The number of ether oxygens (including phenoxy) is 10. The number of ketones is 2. The van der Waals surface area contributed by atoms with E-state index in [1.807, 2.05) is 24.3 Å². The molecule has 130 heavy (non-hydrogen) atoms. The van der Waals surface area contributed by atoms with Gasteiger partial charge in [0, 0.05) is 133 Å². The molecule has 4 atom stereocenters. The summed E-state index contributed by atoms with van der Waals surface area (Å²) >= 11 is 16.8. The third-order valence-corrected chi connectivity index (χ3v) is 22.6. The van der Waals surface area contributed by atoms with Crippen LogP contribution in [0.4, 0.5) is 56.5 Å². The van der Waals surface area contributed by atoms with Crippen LogP contribution in [0.2, 0.25) is 0 Å². The normalized spacial score (nSPS) is 15.4. The van der Waals surface area contributed by atoms with E-state index in [-0.39, 0.29) is 111 Å². The van der Waals surface area contributed by atoms with Crippen molar-refractivity contribution in [1.82, 2.24) is 15.0 Å². The molecule has 0 spiro atoms. The van der Waals surface area contributed by atoms with E-state index in [4.69, 9.17) is 70.1 Å². The van der Waals surface area contributed by atoms with E-state index in [0.29, 0.717) is 117 Å². The van der Waals surface area contributed by atoms with Gasteiger partial charge < -0.3 is 75.5 Å². The second kappa shape index (κ2) is 51.5. The maximum absolute atomic E-state index is 13.5. The Labute approximate surface area is 790 Å². The fraction of sp³-hybridized carbons (Fsp3) is 0.402. The van der Waals surface area contributed by atoms with Crippen LogP contribution in [-0.4, -0.2) is 192 Å². The van der Waals surface area contributed by atoms with E-state index < -0.39 is 54.0 Å². The summed E-state index contributed by atoms with van der Waals surface area (Å²) in [6.45, 7) is 15.9. The van der Waals surface area contributed by atoms with Crippen LogP contribution in [0.15, 0.2) is 168 Å². The molecule has 4 saturated heterocycles. The zero-order chi connectivity index (χ0) is 93.3. The van der Waals surface area contributed by atoms with Gasteiger partial charge in [0.1, 0.15) is 50.9 Å². The van der Waals surface area contributed by atoms with Gasteiger partial charge in [-0.2, -0.15) is 8.78 Å². The number of nitrogens with one attached hydrogen (secondary N) is 2. The Hall–Kier alpha value is -10.3. The number of hydrogen-bond donors (Lipinski definition) is 3. The summed E-state index contributed by atoms with van der Waals surface area (Å²) in [6, 6.07) is 30.0. The minimum atomic E-state index is -0.694. The lowest BCUT2D eigenvalue weighted by atomic mass is 10.1. The standard InChI is InChI=1S/C24H26BrN3O5.C23H22BrFN2O5.C20H24BrNO6.C14H14BrNO5.C6H12O2.C5H3BrFN/c1-3-31-24(30)28(11-10-17-5-4-12-32-17)21-18-13-16(25)7-8-19(18)33-23(21)22(29)15-6-9-20(26-2)27-14-15;1-2-30-23(29)27(10-9-16-4-3-11-31-16)20-17-12-15(24)6-7-18(17)32-22(20)21(28)14-5-8-19(25)26-13-14;1-3-25-19(23)18-17(15-12-13(21)7-8-16(15)28-18)22(20(24)26-4-2)10-9-14-6-5-11-27-14;1-3-19-13(17)12-11(16-14(18)20-4-2)9-7-8(15)5-6-10(9)21-12;7-4-3-6-2-1-5-8-6;6-4-1-2-5(7)8-3-4/h6-9,13-14,17H,3-5,10-12H2,1-2H3,(H,26,27);5-8,12-13,16H,2-4,9-11H2,1H3;7-8,12,14H,3-6,9-11H2,1-2H3;5-7H,3-4H2,1-2H3,(H,16,18);6-7H,1-5H2;1-3H. The predicted octanol–water partition coefficient (Wildman–Crippen LogP) is 22.3. The van der Waals surface area contributed by atoms with Crippen molar-refractivity contribution in [2.24, 2.45) is 0 Å². The number of nitrogens with zero attached hydrogens (tertiary/aromatic N) is 6. The van der Waals surface area contributed by atoms with Crippen LogP contribution >= 0.6 is 79.6 Å². The van der Waals surface area contributed by atoms with Gasteiger partial charge in [-0.25, -0.2) is 43.7 Å². The first kappa shape index (κ1) is 102. The molecule has 38 heteroatoms. The highest BCUT2D eigenvalue weighted by molar-refractivity contribution is 9.11. The molecule has 15 rings (SSSR count). The third kappa shape index (κ3) is 28.4. The summed E-state index contributed by atoms with van der Waals surface area (Å²) in [6.07, 6.45) is 13.1. The minimum Gasteiger partial charge on any atom is -0.460 e. The number of hydrogen-bond acceptors (Lipinski definition) is 27. The van der Waals surface area contributed by atoms with Crippen LogP contribution < -0.4 is 25.3 Å². The first-order chi connectivity index (χ1) is 62.8. The van der Waals surface area contributed by atoms with Crippen LogP contribution in [0.1, 0.15) is 172 Å². The van der Waals surface area contributed by atoms with Gasteiger partial charge in [0.15, 0.2) is 11.5 Å². The molecule has 4 aromatic carbocycles. The highest BCUT2D eigenvalue weighted by atomic mass is 79.9. The summed E-state index contributed by atoms with van der Waals surface area (Å²) in [5.74, 6) is -2.65. The number of aliphatic hydroxyl groups excluding tert-OH is 1. The van der Waals surface area contributed by atoms with Crippen molar-refractivity contribution in [2.75, 3.05) is 125 Å². The van der Waals surface area contributed by atoms with E-state index in [0.717, 1.165) is 106 Å². The van der Waals surface area contributed by atoms with Crippen molar-refractivity contribution in [3.63, 3.8) is 0 Å². The monoisotopic (exact) mass is 2120 g/mol. The Morgan fingerprint density at radius 3 is 1.08 bits per heavy atom. The molecule has 4 unspecified atom stereocenters. The second-order valence-electron chi connectivity index (χ2n) is 29.0. The zero-order valence-electron chi connectivity index (χ0n) is 72.6. The summed E-state index contributed by atoms with van der Waals surface area (Å²) < 4.78 is 106. The molecule has 0 aliphatic carbocycles. The van der Waals surface area contributed by atoms with E-state index in [2.05, 4.69) is 105 Å². The number of amides is 4. The lowest BCUT2D eigenvalue weighted by Crippen LogP contribution is -2.35. The number of rotatable bonds is 28. The summed E-state index contributed by atoms with van der Waals surface area (Å²) in [4.78, 5) is 117. The Morgan fingerprint density at radius 1 is 0.408 bits per heavy atom. The maximum atomic E-state index is 13.5. The number of halogens is 7. The van der Waals surface area contributed by atoms with Crippen LogP contribution in [0.3, 0.4) is 0 Å². The molecular weight excluding hydrogens is 2020 g/mol. The molecule has 11 aromatic rings. The van der Waals surface area contributed by atoms with Crippen molar-refractivity contribution < 1.29 is 117 Å². The quantitative estimate of drug-likeness (QED) is 0.0177. The predicted molar refractivity (Wildman–Crippen MR) is 500 cm³/mol. The average Bonchev–Trinajstić information content (AvgIpc) is 1.62. The van der Waals surface area contributed by atoms with Gasteiger partial charge in [-0.3, -0.25) is 29.6 Å². The molecule has 4 aliphatic rings. The van der Waals surface area contributed by atoms with Crippen molar-refractivity contribution in [3.05, 3.63) is 196 Å². The number of carbonyl (C=O) groups is 8.